The Morgan fingerprint density at radius 1 is 0.470 bits per heavy atom. The molecule has 2 heterocycles. The van der Waals surface area contributed by atoms with Gasteiger partial charge in [0.25, 0.3) is 0 Å². The molecular weight excluding hydrogens is 801 g/mol. The fourth-order valence-electron chi connectivity index (χ4n) is 10.5. The Morgan fingerprint density at radius 2 is 1.05 bits per heavy atom. The zero-order valence-electron chi connectivity index (χ0n) is 36.7. The minimum Gasteiger partial charge on any atom is -0.333 e. The molecule has 0 spiro atoms. The molecule has 4 nitrogen and oxygen atoms in total. The summed E-state index contributed by atoms with van der Waals surface area (Å²) < 4.78 is 0. The Bertz CT molecular complexity index is 3380. The number of nitrogens with zero attached hydrogens (tertiary/aromatic N) is 4. The third-order valence-corrected chi connectivity index (χ3v) is 13.8. The summed E-state index contributed by atoms with van der Waals surface area (Å²) in [6.45, 7) is 4.71. The zero-order valence-corrected chi connectivity index (χ0v) is 36.7. The molecule has 312 valence electrons. The van der Waals surface area contributed by atoms with E-state index in [1.807, 2.05) is 30.3 Å². The first kappa shape index (κ1) is 39.2. The van der Waals surface area contributed by atoms with Crippen LogP contribution in [0.25, 0.3) is 78.4 Å². The van der Waals surface area contributed by atoms with E-state index in [0.717, 1.165) is 67.1 Å². The van der Waals surface area contributed by atoms with Crippen LogP contribution in [0.1, 0.15) is 42.0 Å². The molecule has 0 bridgehead atoms. The molecule has 2 aliphatic carbocycles. The molecule has 66 heavy (non-hydrogen) atoms. The maximum atomic E-state index is 10.1. The largest absolute Gasteiger partial charge is 0.333 e. The lowest BCUT2D eigenvalue weighted by molar-refractivity contribution is 0.660. The lowest BCUT2D eigenvalue weighted by atomic mass is 9.81. The van der Waals surface area contributed by atoms with Crippen molar-refractivity contribution in [1.82, 2.24) is 9.97 Å². The molecule has 1 aliphatic heterocycles. The zero-order chi connectivity index (χ0) is 44.4. The van der Waals surface area contributed by atoms with Crippen molar-refractivity contribution in [2.75, 3.05) is 4.90 Å². The van der Waals surface area contributed by atoms with E-state index in [-0.39, 0.29) is 17.4 Å². The monoisotopic (exact) mass is 844 g/mol. The van der Waals surface area contributed by atoms with Gasteiger partial charge in [-0.05, 0) is 122 Å². The normalized spacial score (nSPS) is 16.0. The van der Waals surface area contributed by atoms with Gasteiger partial charge in [0.2, 0.25) is 0 Å². The molecule has 2 atom stereocenters. The molecule has 0 amide bonds. The van der Waals surface area contributed by atoms with Crippen molar-refractivity contribution in [3.63, 3.8) is 0 Å². The minimum absolute atomic E-state index is 0.0670. The van der Waals surface area contributed by atoms with Crippen molar-refractivity contribution in [1.29, 1.82) is 5.26 Å². The average Bonchev–Trinajstić information content (AvgIpc) is 3.83. The first-order chi connectivity index (χ1) is 32.4. The van der Waals surface area contributed by atoms with Gasteiger partial charge in [-0.3, -0.25) is 0 Å². The van der Waals surface area contributed by atoms with Gasteiger partial charge in [0.15, 0.2) is 5.82 Å². The molecular formula is C62H44N4. The van der Waals surface area contributed by atoms with E-state index in [1.165, 1.54) is 33.5 Å². The van der Waals surface area contributed by atoms with Gasteiger partial charge in [-0.25, -0.2) is 9.97 Å². The molecule has 12 rings (SSSR count). The second kappa shape index (κ2) is 15.7. The fourth-order valence-corrected chi connectivity index (χ4v) is 10.5. The Morgan fingerprint density at radius 3 is 1.79 bits per heavy atom. The maximum Gasteiger partial charge on any atom is 0.160 e. The van der Waals surface area contributed by atoms with E-state index in [4.69, 9.17) is 9.97 Å². The smallest absolute Gasteiger partial charge is 0.160 e. The molecule has 9 aromatic rings. The number of anilines is 2. The van der Waals surface area contributed by atoms with E-state index in [2.05, 4.69) is 213 Å². The van der Waals surface area contributed by atoms with E-state index < -0.39 is 0 Å². The van der Waals surface area contributed by atoms with Crippen LogP contribution in [0.4, 0.5) is 11.4 Å². The highest BCUT2D eigenvalue weighted by Crippen LogP contribution is 2.56. The first-order valence-electron chi connectivity index (χ1n) is 22.7. The number of hydrogen-bond acceptors (Lipinski definition) is 4. The van der Waals surface area contributed by atoms with Crippen molar-refractivity contribution < 1.29 is 0 Å². The molecule has 0 saturated heterocycles. The minimum atomic E-state index is -0.153. The summed E-state index contributed by atoms with van der Waals surface area (Å²) in [7, 11) is 0. The SMILES string of the molecule is CC1(C)c2ccccc2-c2cc3c(cc21)N(c1cc(-c2cccc(C#N)c2)cc(-c2cc(-c4cccc(-c5ccccc5)c4)nc(-c4cccc(-c5ccccc5)c4)n2)c1)C1C=CC=CC31. The van der Waals surface area contributed by atoms with E-state index in [9.17, 15) is 5.26 Å². The number of allylic oxidation sites excluding steroid dienone is 2. The van der Waals surface area contributed by atoms with Gasteiger partial charge in [-0.2, -0.15) is 5.26 Å². The van der Waals surface area contributed by atoms with E-state index in [1.54, 1.807) is 0 Å². The lowest BCUT2D eigenvalue weighted by Gasteiger charge is -2.30. The number of fused-ring (bicyclic) bond motifs is 6. The Hall–Kier alpha value is -8.39. The highest BCUT2D eigenvalue weighted by molar-refractivity contribution is 5.90. The molecule has 0 radical (unpaired) electrons. The van der Waals surface area contributed by atoms with Gasteiger partial charge in [-0.15, -0.1) is 0 Å². The van der Waals surface area contributed by atoms with Gasteiger partial charge < -0.3 is 4.90 Å². The summed E-state index contributed by atoms with van der Waals surface area (Å²) in [6.07, 6.45) is 9.08. The van der Waals surface area contributed by atoms with Crippen LogP contribution < -0.4 is 4.90 Å². The Kier molecular flexibility index (Phi) is 9.33. The molecule has 3 aliphatic rings. The quantitative estimate of drug-likeness (QED) is 0.160. The summed E-state index contributed by atoms with van der Waals surface area (Å²) in [5.74, 6) is 0.819. The molecule has 8 aromatic carbocycles. The fraction of sp³-hybridized carbons (Fsp3) is 0.0806. The number of aromatic nitrogens is 2. The third kappa shape index (κ3) is 6.68. The van der Waals surface area contributed by atoms with Crippen LogP contribution in [0.3, 0.4) is 0 Å². The second-order valence-electron chi connectivity index (χ2n) is 18.1. The number of rotatable bonds is 7. The van der Waals surface area contributed by atoms with Crippen molar-refractivity contribution in [2.45, 2.75) is 31.2 Å². The average molecular weight is 845 g/mol. The summed E-state index contributed by atoms with van der Waals surface area (Å²) in [6, 6.07) is 71.3. The summed E-state index contributed by atoms with van der Waals surface area (Å²) >= 11 is 0. The van der Waals surface area contributed by atoms with Crippen molar-refractivity contribution >= 4 is 11.4 Å². The second-order valence-corrected chi connectivity index (χ2v) is 18.1. The van der Waals surface area contributed by atoms with Gasteiger partial charge in [0, 0.05) is 39.4 Å². The van der Waals surface area contributed by atoms with Crippen LogP contribution in [0, 0.1) is 11.3 Å². The van der Waals surface area contributed by atoms with Gasteiger partial charge >= 0.3 is 0 Å². The van der Waals surface area contributed by atoms with Crippen LogP contribution in [0.2, 0.25) is 0 Å². The van der Waals surface area contributed by atoms with Crippen molar-refractivity contribution in [3.05, 3.63) is 241 Å². The number of nitriles is 1. The van der Waals surface area contributed by atoms with Crippen LogP contribution in [0.15, 0.2) is 218 Å². The Balaban J connectivity index is 1.08. The predicted molar refractivity (Wildman–Crippen MR) is 270 cm³/mol. The van der Waals surface area contributed by atoms with Crippen LogP contribution in [-0.4, -0.2) is 16.0 Å². The molecule has 0 N–H and O–H groups in total. The standard InChI is InChI=1S/C62H44N4/c1-62(2)55-28-11-9-26-51(55)53-36-54-52-27-10-12-29-59(52)66(60(54)37-56(53)62)50-34-48(43-21-13-16-40(30-43)39-63)33-49(35-50)58-38-57(46-24-14-22-44(31-46)41-17-5-3-6-18-41)64-61(65-58)47-25-15-23-45(32-47)42-19-7-4-8-20-42/h3-38,52,59H,1-2H3. The van der Waals surface area contributed by atoms with E-state index >= 15 is 0 Å². The van der Waals surface area contributed by atoms with Crippen LogP contribution in [-0.2, 0) is 5.41 Å². The molecule has 1 aromatic heterocycles. The molecule has 0 fully saturated rings. The van der Waals surface area contributed by atoms with Gasteiger partial charge in [0.05, 0.1) is 29.1 Å². The van der Waals surface area contributed by atoms with E-state index in [0.29, 0.717) is 11.4 Å². The number of hydrogen-bond donors (Lipinski definition) is 0. The van der Waals surface area contributed by atoms with Crippen LogP contribution >= 0.6 is 0 Å². The summed E-state index contributed by atoms with van der Waals surface area (Å²) in [5.41, 5.74) is 20.5. The van der Waals surface area contributed by atoms with Gasteiger partial charge in [-0.1, -0.05) is 172 Å². The topological polar surface area (TPSA) is 52.8 Å². The molecule has 2 unspecified atom stereocenters. The highest BCUT2D eigenvalue weighted by atomic mass is 15.2. The maximum absolute atomic E-state index is 10.1. The summed E-state index contributed by atoms with van der Waals surface area (Å²) in [4.78, 5) is 13.3. The predicted octanol–water partition coefficient (Wildman–Crippen LogP) is 15.4. The van der Waals surface area contributed by atoms with Crippen LogP contribution in [0.5, 0.6) is 0 Å². The van der Waals surface area contributed by atoms with Gasteiger partial charge in [0.1, 0.15) is 0 Å². The first-order valence-corrected chi connectivity index (χ1v) is 22.7. The van der Waals surface area contributed by atoms with Crippen molar-refractivity contribution in [2.24, 2.45) is 0 Å². The lowest BCUT2D eigenvalue weighted by Crippen LogP contribution is -2.28. The molecule has 4 heteroatoms. The Labute approximate surface area is 386 Å². The third-order valence-electron chi connectivity index (χ3n) is 13.8. The molecule has 0 saturated carbocycles. The highest BCUT2D eigenvalue weighted by Gasteiger charge is 2.42. The summed E-state index contributed by atoms with van der Waals surface area (Å²) in [5, 5.41) is 10.1. The number of benzene rings is 8. The van der Waals surface area contributed by atoms with Crippen molar-refractivity contribution in [3.8, 4) is 84.5 Å².